The van der Waals surface area contributed by atoms with E-state index in [2.05, 4.69) is 44.4 Å². The Bertz CT molecular complexity index is 1300. The molecule has 5 atom stereocenters. The Kier molecular flexibility index (Phi) is 11.4. The van der Waals surface area contributed by atoms with Crippen molar-refractivity contribution < 1.29 is 38.1 Å². The fraction of sp³-hybridized carbons (Fsp3) is 0.750. The molecular formula is C28H44F3N9O5. The molecular weight excluding hydrogens is 599 g/mol. The lowest BCUT2D eigenvalue weighted by atomic mass is 10.1. The molecule has 3 aliphatic rings. The van der Waals surface area contributed by atoms with E-state index in [0.29, 0.717) is 41.8 Å². The van der Waals surface area contributed by atoms with Crippen molar-refractivity contribution in [3.63, 3.8) is 0 Å². The van der Waals surface area contributed by atoms with Crippen molar-refractivity contribution in [2.75, 3.05) is 63.6 Å². The summed E-state index contributed by atoms with van der Waals surface area (Å²) in [5.74, 6) is -1.56. The van der Waals surface area contributed by atoms with Gasteiger partial charge >= 0.3 is 12.1 Å². The fourth-order valence-electron chi connectivity index (χ4n) is 6.01. The number of nitrogens with one attached hydrogen (secondary N) is 2. The summed E-state index contributed by atoms with van der Waals surface area (Å²) in [6, 6.07) is -0.554. The number of likely N-dealkylation sites (N-methyl/N-ethyl adjacent to an activating group) is 1. The molecule has 2 aliphatic heterocycles. The van der Waals surface area contributed by atoms with E-state index in [9.17, 15) is 28.2 Å². The summed E-state index contributed by atoms with van der Waals surface area (Å²) < 4.78 is 33.6. The number of aromatic nitrogens is 4. The van der Waals surface area contributed by atoms with Crippen molar-refractivity contribution >= 4 is 34.8 Å². The summed E-state index contributed by atoms with van der Waals surface area (Å²) in [5.41, 5.74) is 1.28. The number of hydrogen-bond acceptors (Lipinski definition) is 11. The molecule has 3 fully saturated rings. The molecule has 14 nitrogen and oxygen atoms in total. The molecule has 0 radical (unpaired) electrons. The largest absolute Gasteiger partial charge is 0.490 e. The van der Waals surface area contributed by atoms with E-state index in [1.54, 1.807) is 13.3 Å². The highest BCUT2D eigenvalue weighted by Crippen LogP contribution is 2.35. The Morgan fingerprint density at radius 2 is 1.78 bits per heavy atom. The number of carbonyl (C=O) groups excluding carboxylic acids is 1. The Balaban J connectivity index is 0.000000591. The Morgan fingerprint density at radius 3 is 2.38 bits per heavy atom. The average Bonchev–Trinajstić information content (AvgIpc) is 3.72. The van der Waals surface area contributed by atoms with Crippen molar-refractivity contribution in [1.29, 1.82) is 0 Å². The van der Waals surface area contributed by atoms with E-state index in [1.165, 1.54) is 19.3 Å². The Labute approximate surface area is 259 Å². The number of imidazole rings is 1. The van der Waals surface area contributed by atoms with Crippen molar-refractivity contribution in [1.82, 2.24) is 34.6 Å². The van der Waals surface area contributed by atoms with Crippen molar-refractivity contribution in [3.8, 4) is 0 Å². The number of carboxylic acids is 1. The number of nitrogens with zero attached hydrogens (tertiary/aromatic N) is 7. The van der Waals surface area contributed by atoms with E-state index in [-0.39, 0.29) is 5.91 Å². The number of rotatable bonds is 9. The number of hydrogen-bond donors (Lipinski definition) is 5. The zero-order valence-corrected chi connectivity index (χ0v) is 25.9. The minimum absolute atomic E-state index is 0.147. The van der Waals surface area contributed by atoms with Crippen LogP contribution in [0.4, 0.5) is 24.9 Å². The Morgan fingerprint density at radius 1 is 1.09 bits per heavy atom. The summed E-state index contributed by atoms with van der Waals surface area (Å²) in [7, 11) is 4.20. The Hall–Kier alpha value is -3.28. The van der Waals surface area contributed by atoms with Crippen LogP contribution in [0.1, 0.15) is 51.5 Å². The molecule has 0 aromatic carbocycles. The summed E-state index contributed by atoms with van der Waals surface area (Å²) in [5, 5.41) is 35.1. The van der Waals surface area contributed by atoms with Gasteiger partial charge in [-0.3, -0.25) is 4.79 Å². The standard InChI is InChI=1S/C26H43N9O3.C2HF3O2/c1-4-20(36)29-18-14-19(23(38)22(18)37)35-16-28-21-24(27-9-13-33-10-6-5-7-11-33)30-26(31-25(21)35)34-12-8-17(15-34)32(2)3;3-2(4,5)1(6)7/h16-19,22-23,37-38H,4-15H2,1-3H3,(H,29,36)(H,27,30,31);(H,6,7)/t17-,18+,19-,22-,23+;/m1./s1. The van der Waals surface area contributed by atoms with Crippen LogP contribution < -0.4 is 15.5 Å². The first-order valence-electron chi connectivity index (χ1n) is 15.4. The molecule has 4 heterocycles. The van der Waals surface area contributed by atoms with Crippen molar-refractivity contribution in [3.05, 3.63) is 6.33 Å². The third kappa shape index (κ3) is 8.51. The highest BCUT2D eigenvalue weighted by Gasteiger charge is 2.44. The maximum atomic E-state index is 12.0. The van der Waals surface area contributed by atoms with Gasteiger partial charge in [-0.1, -0.05) is 13.3 Å². The van der Waals surface area contributed by atoms with Crippen LogP contribution in [0.2, 0.25) is 0 Å². The van der Waals surface area contributed by atoms with Gasteiger partial charge in [-0.25, -0.2) is 9.78 Å². The maximum absolute atomic E-state index is 12.0. The molecule has 0 unspecified atom stereocenters. The second kappa shape index (κ2) is 14.9. The van der Waals surface area contributed by atoms with Gasteiger partial charge in [-0.15, -0.1) is 0 Å². The summed E-state index contributed by atoms with van der Waals surface area (Å²) in [4.78, 5) is 42.3. The van der Waals surface area contributed by atoms with Crippen molar-refractivity contribution in [2.45, 2.75) is 82.0 Å². The van der Waals surface area contributed by atoms with E-state index >= 15 is 0 Å². The van der Waals surface area contributed by atoms with Gasteiger partial charge in [0.1, 0.15) is 12.2 Å². The zero-order valence-electron chi connectivity index (χ0n) is 25.9. The van der Waals surface area contributed by atoms with Gasteiger partial charge in [0.25, 0.3) is 0 Å². The van der Waals surface area contributed by atoms with Gasteiger partial charge in [0.2, 0.25) is 11.9 Å². The number of aliphatic hydroxyl groups is 2. The molecule has 252 valence electrons. The van der Waals surface area contributed by atoms with Gasteiger partial charge in [0.05, 0.1) is 18.4 Å². The molecule has 5 rings (SSSR count). The third-order valence-electron chi connectivity index (χ3n) is 8.67. The van der Waals surface area contributed by atoms with Gasteiger partial charge in [0, 0.05) is 38.6 Å². The van der Waals surface area contributed by atoms with Crippen LogP contribution in [0.15, 0.2) is 6.33 Å². The van der Waals surface area contributed by atoms with Crippen LogP contribution in [0.5, 0.6) is 0 Å². The second-order valence-corrected chi connectivity index (χ2v) is 12.0. The summed E-state index contributed by atoms with van der Waals surface area (Å²) in [6.45, 7) is 7.46. The van der Waals surface area contributed by atoms with Crippen LogP contribution in [0.25, 0.3) is 11.2 Å². The number of carbonyl (C=O) groups is 2. The van der Waals surface area contributed by atoms with E-state index < -0.39 is 36.4 Å². The number of fused-ring (bicyclic) bond motifs is 1. The van der Waals surface area contributed by atoms with Crippen LogP contribution in [-0.2, 0) is 9.59 Å². The van der Waals surface area contributed by atoms with Crippen molar-refractivity contribution in [2.24, 2.45) is 0 Å². The smallest absolute Gasteiger partial charge is 0.475 e. The SMILES string of the molecule is CCC(=O)N[C@H]1C[C@@H](n2cnc3c(NCCN4CCCCC4)nc(N4CC[C@@H](N(C)C)C4)nc32)[C@H](O)[C@@H]1O.O=C(O)C(F)(F)F. The molecule has 0 bridgehead atoms. The minimum atomic E-state index is -5.08. The van der Waals surface area contributed by atoms with E-state index in [4.69, 9.17) is 19.9 Å². The lowest BCUT2D eigenvalue weighted by Gasteiger charge is -2.26. The first-order valence-corrected chi connectivity index (χ1v) is 15.4. The molecule has 45 heavy (non-hydrogen) atoms. The zero-order chi connectivity index (χ0) is 32.9. The maximum Gasteiger partial charge on any atom is 0.490 e. The molecule has 2 saturated heterocycles. The quantitative estimate of drug-likeness (QED) is 0.264. The second-order valence-electron chi connectivity index (χ2n) is 12.0. The predicted octanol–water partition coefficient (Wildman–Crippen LogP) is 1.06. The summed E-state index contributed by atoms with van der Waals surface area (Å²) in [6.07, 6.45) is 0.0601. The van der Waals surface area contributed by atoms with Gasteiger partial charge in [-0.2, -0.15) is 23.1 Å². The number of amides is 1. The van der Waals surface area contributed by atoms with Crippen LogP contribution in [0.3, 0.4) is 0 Å². The topological polar surface area (TPSA) is 172 Å². The number of halogens is 3. The van der Waals surface area contributed by atoms with Crippen LogP contribution >= 0.6 is 0 Å². The number of aliphatic carboxylic acids is 1. The first-order chi connectivity index (χ1) is 21.3. The monoisotopic (exact) mass is 643 g/mol. The van der Waals surface area contributed by atoms with Gasteiger partial charge in [0.15, 0.2) is 17.0 Å². The van der Waals surface area contributed by atoms with E-state index in [0.717, 1.165) is 45.7 Å². The average molecular weight is 644 g/mol. The third-order valence-corrected chi connectivity index (χ3v) is 8.67. The highest BCUT2D eigenvalue weighted by molar-refractivity contribution is 5.84. The molecule has 0 spiro atoms. The number of piperidine rings is 1. The molecule has 2 aromatic heterocycles. The van der Waals surface area contributed by atoms with Crippen LogP contribution in [0, 0.1) is 0 Å². The molecule has 1 aliphatic carbocycles. The molecule has 1 amide bonds. The number of anilines is 2. The molecule has 1 saturated carbocycles. The van der Waals surface area contributed by atoms with Crippen LogP contribution in [-0.4, -0.2) is 140 Å². The number of carboxylic acid groups (broad SMARTS) is 1. The number of aliphatic hydroxyl groups excluding tert-OH is 2. The lowest BCUT2D eigenvalue weighted by Crippen LogP contribution is -2.42. The first kappa shape index (κ1) is 34.6. The summed E-state index contributed by atoms with van der Waals surface area (Å²) >= 11 is 0. The highest BCUT2D eigenvalue weighted by atomic mass is 19.4. The molecule has 5 N–H and O–H groups in total. The fourth-order valence-corrected chi connectivity index (χ4v) is 6.01. The van der Waals surface area contributed by atoms with Gasteiger partial charge < -0.3 is 45.2 Å². The van der Waals surface area contributed by atoms with E-state index in [1.807, 2.05) is 4.57 Å². The molecule has 17 heteroatoms. The minimum Gasteiger partial charge on any atom is -0.475 e. The number of likely N-dealkylation sites (tertiary alicyclic amines) is 1. The van der Waals surface area contributed by atoms with Gasteiger partial charge in [-0.05, 0) is 52.9 Å². The predicted molar refractivity (Wildman–Crippen MR) is 160 cm³/mol. The normalized spacial score (nSPS) is 25.8. The lowest BCUT2D eigenvalue weighted by molar-refractivity contribution is -0.192. The number of alkyl halides is 3. The molecule has 2 aromatic rings.